The van der Waals surface area contributed by atoms with Gasteiger partial charge < -0.3 is 15.1 Å². The molecule has 8 heteroatoms. The molecule has 2 aliphatic heterocycles. The Labute approximate surface area is 167 Å². The van der Waals surface area contributed by atoms with Gasteiger partial charge in [-0.05, 0) is 39.7 Å². The Bertz CT molecular complexity index is 917. The molecule has 7 nitrogen and oxygen atoms in total. The van der Waals surface area contributed by atoms with E-state index in [9.17, 15) is 13.2 Å². The SMILES string of the molecule is CC1=C(c2ccc(C)cc2)S(=O)(=O)N=C1N1CCCN(C(=O)NC(C)C)CC1. The maximum absolute atomic E-state index is 12.7. The number of hydrogen-bond donors (Lipinski definition) is 1. The first-order chi connectivity index (χ1) is 13.2. The first-order valence-corrected chi connectivity index (χ1v) is 11.1. The molecule has 0 unspecified atom stereocenters. The summed E-state index contributed by atoms with van der Waals surface area (Å²) >= 11 is 0. The van der Waals surface area contributed by atoms with Crippen LogP contribution >= 0.6 is 0 Å². The number of amidine groups is 1. The van der Waals surface area contributed by atoms with E-state index in [1.807, 2.05) is 56.9 Å². The zero-order chi connectivity index (χ0) is 20.5. The predicted octanol–water partition coefficient (Wildman–Crippen LogP) is 2.59. The smallest absolute Gasteiger partial charge is 0.317 e. The van der Waals surface area contributed by atoms with Gasteiger partial charge in [-0.25, -0.2) is 4.79 Å². The van der Waals surface area contributed by atoms with Crippen molar-refractivity contribution in [3.05, 3.63) is 41.0 Å². The van der Waals surface area contributed by atoms with Crippen LogP contribution in [0.5, 0.6) is 0 Å². The first kappa shape index (κ1) is 20.4. The topological polar surface area (TPSA) is 82.1 Å². The van der Waals surface area contributed by atoms with E-state index in [1.165, 1.54) is 0 Å². The average Bonchev–Trinajstić information content (AvgIpc) is 2.78. The van der Waals surface area contributed by atoms with Crippen molar-refractivity contribution in [2.24, 2.45) is 4.40 Å². The number of benzene rings is 1. The van der Waals surface area contributed by atoms with Gasteiger partial charge in [-0.1, -0.05) is 29.8 Å². The van der Waals surface area contributed by atoms with Crippen molar-refractivity contribution in [1.29, 1.82) is 0 Å². The summed E-state index contributed by atoms with van der Waals surface area (Å²) in [4.78, 5) is 16.3. The number of carbonyl (C=O) groups is 1. The number of hydrogen-bond acceptors (Lipinski definition) is 4. The van der Waals surface area contributed by atoms with Gasteiger partial charge >= 0.3 is 6.03 Å². The molecule has 1 aromatic carbocycles. The highest BCUT2D eigenvalue weighted by molar-refractivity contribution is 8.00. The maximum Gasteiger partial charge on any atom is 0.317 e. The van der Waals surface area contributed by atoms with Gasteiger partial charge in [0.05, 0.1) is 0 Å². The Morgan fingerprint density at radius 3 is 2.39 bits per heavy atom. The molecule has 0 radical (unpaired) electrons. The molecule has 1 saturated heterocycles. The van der Waals surface area contributed by atoms with Crippen molar-refractivity contribution in [3.8, 4) is 0 Å². The molecular weight excluding hydrogens is 376 g/mol. The van der Waals surface area contributed by atoms with Crippen LogP contribution < -0.4 is 5.32 Å². The van der Waals surface area contributed by atoms with E-state index >= 15 is 0 Å². The Kier molecular flexibility index (Phi) is 5.79. The van der Waals surface area contributed by atoms with E-state index in [0.717, 1.165) is 12.0 Å². The van der Waals surface area contributed by atoms with Gasteiger partial charge in [0.2, 0.25) is 0 Å². The van der Waals surface area contributed by atoms with Crippen molar-refractivity contribution < 1.29 is 13.2 Å². The minimum atomic E-state index is -3.73. The van der Waals surface area contributed by atoms with Gasteiger partial charge in [-0.3, -0.25) is 0 Å². The Morgan fingerprint density at radius 1 is 1.07 bits per heavy atom. The van der Waals surface area contributed by atoms with Crippen molar-refractivity contribution in [2.75, 3.05) is 26.2 Å². The molecule has 152 valence electrons. The van der Waals surface area contributed by atoms with E-state index in [-0.39, 0.29) is 17.0 Å². The Morgan fingerprint density at radius 2 is 1.75 bits per heavy atom. The summed E-state index contributed by atoms with van der Waals surface area (Å²) in [6.07, 6.45) is 0.762. The molecule has 1 aromatic rings. The number of nitrogens with zero attached hydrogens (tertiary/aromatic N) is 3. The second-order valence-electron chi connectivity index (χ2n) is 7.64. The number of sulfonamides is 1. The minimum absolute atomic E-state index is 0.0783. The van der Waals surface area contributed by atoms with E-state index in [2.05, 4.69) is 9.71 Å². The van der Waals surface area contributed by atoms with Crippen molar-refractivity contribution in [2.45, 2.75) is 40.2 Å². The van der Waals surface area contributed by atoms with Crippen LogP contribution in [-0.2, 0) is 10.0 Å². The monoisotopic (exact) mass is 404 g/mol. The number of amides is 2. The van der Waals surface area contributed by atoms with Gasteiger partial charge in [0, 0.05) is 37.8 Å². The minimum Gasteiger partial charge on any atom is -0.354 e. The molecule has 2 aliphatic rings. The number of carbonyl (C=O) groups excluding carboxylic acids is 1. The van der Waals surface area contributed by atoms with E-state index in [0.29, 0.717) is 43.2 Å². The highest BCUT2D eigenvalue weighted by atomic mass is 32.2. The Hall–Kier alpha value is -2.35. The number of urea groups is 1. The average molecular weight is 405 g/mol. The lowest BCUT2D eigenvalue weighted by Crippen LogP contribution is -2.44. The zero-order valence-corrected chi connectivity index (χ0v) is 17.7. The van der Waals surface area contributed by atoms with Gasteiger partial charge in [-0.2, -0.15) is 8.42 Å². The third-order valence-corrected chi connectivity index (χ3v) is 6.42. The molecule has 0 atom stereocenters. The first-order valence-electron chi connectivity index (χ1n) is 9.62. The van der Waals surface area contributed by atoms with Crippen LogP contribution in [0.25, 0.3) is 4.91 Å². The van der Waals surface area contributed by atoms with Crippen LogP contribution in [-0.4, -0.2) is 62.3 Å². The third kappa shape index (κ3) is 4.22. The zero-order valence-electron chi connectivity index (χ0n) is 16.9. The highest BCUT2D eigenvalue weighted by Crippen LogP contribution is 2.33. The summed E-state index contributed by atoms with van der Waals surface area (Å²) in [6.45, 7) is 10.0. The third-order valence-electron chi connectivity index (χ3n) is 4.95. The second kappa shape index (κ2) is 7.95. The van der Waals surface area contributed by atoms with Crippen LogP contribution in [0.3, 0.4) is 0 Å². The fraction of sp³-hybridized carbons (Fsp3) is 0.500. The van der Waals surface area contributed by atoms with Gasteiger partial charge in [-0.15, -0.1) is 4.40 Å². The summed E-state index contributed by atoms with van der Waals surface area (Å²) in [5.74, 6) is 0.502. The fourth-order valence-corrected chi connectivity index (χ4v) is 5.04. The van der Waals surface area contributed by atoms with Crippen molar-refractivity contribution >= 4 is 26.8 Å². The van der Waals surface area contributed by atoms with Crippen LogP contribution in [0.1, 0.15) is 38.3 Å². The largest absolute Gasteiger partial charge is 0.354 e. The standard InChI is InChI=1S/C20H28N4O3S/c1-14(2)21-20(25)24-11-5-10-23(12-13-24)19-16(4)18(28(26,27)22-19)17-8-6-15(3)7-9-17/h6-9,14H,5,10-13H2,1-4H3,(H,21,25). The molecule has 2 amide bonds. The Balaban J connectivity index is 1.82. The molecule has 28 heavy (non-hydrogen) atoms. The van der Waals surface area contributed by atoms with Crippen LogP contribution in [0, 0.1) is 6.92 Å². The molecule has 1 N–H and O–H groups in total. The molecule has 3 rings (SSSR count). The van der Waals surface area contributed by atoms with Crippen LogP contribution in [0.4, 0.5) is 4.79 Å². The van der Waals surface area contributed by atoms with E-state index in [1.54, 1.807) is 4.90 Å². The molecule has 0 bridgehead atoms. The molecule has 0 aromatic heterocycles. The molecule has 0 aliphatic carbocycles. The summed E-state index contributed by atoms with van der Waals surface area (Å²) < 4.78 is 29.6. The molecule has 2 heterocycles. The van der Waals surface area contributed by atoms with Gasteiger partial charge in [0.25, 0.3) is 10.0 Å². The molecule has 0 saturated carbocycles. The summed E-state index contributed by atoms with van der Waals surface area (Å²) in [7, 11) is -3.73. The number of aryl methyl sites for hydroxylation is 1. The van der Waals surface area contributed by atoms with E-state index in [4.69, 9.17) is 0 Å². The summed E-state index contributed by atoms with van der Waals surface area (Å²) in [5.41, 5.74) is 2.41. The second-order valence-corrected chi connectivity index (χ2v) is 9.18. The van der Waals surface area contributed by atoms with Gasteiger partial charge in [0.15, 0.2) is 0 Å². The lowest BCUT2D eigenvalue weighted by molar-refractivity contribution is 0.198. The predicted molar refractivity (Wildman–Crippen MR) is 112 cm³/mol. The summed E-state index contributed by atoms with van der Waals surface area (Å²) in [5, 5.41) is 2.91. The quantitative estimate of drug-likeness (QED) is 0.821. The normalized spacial score (nSPS) is 19.7. The molecule has 0 spiro atoms. The fourth-order valence-electron chi connectivity index (χ4n) is 3.56. The van der Waals surface area contributed by atoms with Crippen molar-refractivity contribution in [1.82, 2.24) is 15.1 Å². The maximum atomic E-state index is 12.7. The van der Waals surface area contributed by atoms with Gasteiger partial charge in [0.1, 0.15) is 10.7 Å². The molecule has 1 fully saturated rings. The lowest BCUT2D eigenvalue weighted by Gasteiger charge is -2.24. The lowest BCUT2D eigenvalue weighted by atomic mass is 10.1. The molecular formula is C20H28N4O3S. The van der Waals surface area contributed by atoms with Crippen LogP contribution in [0.15, 0.2) is 34.2 Å². The highest BCUT2D eigenvalue weighted by Gasteiger charge is 2.34. The number of rotatable bonds is 2. The number of nitrogens with one attached hydrogen (secondary N) is 1. The van der Waals surface area contributed by atoms with Crippen LogP contribution in [0.2, 0.25) is 0 Å². The van der Waals surface area contributed by atoms with E-state index < -0.39 is 10.0 Å². The van der Waals surface area contributed by atoms with Crippen molar-refractivity contribution in [3.63, 3.8) is 0 Å². The summed E-state index contributed by atoms with van der Waals surface area (Å²) in [6, 6.07) is 7.46.